The summed E-state index contributed by atoms with van der Waals surface area (Å²) in [5.41, 5.74) is 0. The van der Waals surface area contributed by atoms with E-state index in [1.165, 1.54) is 0 Å². The third-order valence-electron chi connectivity index (χ3n) is 0.612. The third-order valence-corrected chi connectivity index (χ3v) is 5.51. The number of rotatable bonds is 2. The predicted octanol–water partition coefficient (Wildman–Crippen LogP) is -0.211. The van der Waals surface area contributed by atoms with Crippen molar-refractivity contribution in [3.8, 4) is 0 Å². The van der Waals surface area contributed by atoms with Crippen molar-refractivity contribution in [1.82, 2.24) is 0 Å². The summed E-state index contributed by atoms with van der Waals surface area (Å²) < 4.78 is 5.90. The van der Waals surface area contributed by atoms with Gasteiger partial charge in [0.15, 0.2) is 16.6 Å². The standard InChI is InChI=1S/C6H18OSi2.Li.H/c1-8(2,3)7-9(4,5)6;;/h1-6H3;;/q;+1;-1. The molecular weight excluding hydrogens is 151 g/mol. The van der Waals surface area contributed by atoms with Crippen molar-refractivity contribution < 1.29 is 24.4 Å². The number of hydrogen-bond acceptors (Lipinski definition) is 1. The summed E-state index contributed by atoms with van der Waals surface area (Å²) in [5.74, 6) is 0. The van der Waals surface area contributed by atoms with E-state index < -0.39 is 16.6 Å². The van der Waals surface area contributed by atoms with E-state index in [1.807, 2.05) is 0 Å². The van der Waals surface area contributed by atoms with Gasteiger partial charge < -0.3 is 5.54 Å². The van der Waals surface area contributed by atoms with Crippen LogP contribution >= 0.6 is 0 Å². The molecule has 0 fully saturated rings. The maximum atomic E-state index is 5.90. The van der Waals surface area contributed by atoms with Gasteiger partial charge in [0.05, 0.1) is 0 Å². The van der Waals surface area contributed by atoms with E-state index in [-0.39, 0.29) is 20.3 Å². The van der Waals surface area contributed by atoms with Gasteiger partial charge in [-0.1, -0.05) is 0 Å². The summed E-state index contributed by atoms with van der Waals surface area (Å²) in [6, 6.07) is 0. The molecule has 0 aliphatic rings. The van der Waals surface area contributed by atoms with E-state index in [1.54, 1.807) is 0 Å². The Morgan fingerprint density at radius 2 is 1.00 bits per heavy atom. The molecule has 0 unspecified atom stereocenters. The minimum Gasteiger partial charge on any atom is -1.00 e. The summed E-state index contributed by atoms with van der Waals surface area (Å²) in [7, 11) is -2.46. The van der Waals surface area contributed by atoms with Crippen LogP contribution in [0.4, 0.5) is 0 Å². The van der Waals surface area contributed by atoms with Gasteiger partial charge in [0, 0.05) is 0 Å². The second-order valence-electron chi connectivity index (χ2n) is 4.33. The maximum Gasteiger partial charge on any atom is 1.00 e. The van der Waals surface area contributed by atoms with Crippen molar-refractivity contribution >= 4 is 16.6 Å². The number of hydrogen-bond donors (Lipinski definition) is 0. The first-order valence-electron chi connectivity index (χ1n) is 3.41. The average Bonchev–Trinajstić information content (AvgIpc) is 1.14. The van der Waals surface area contributed by atoms with Gasteiger partial charge in [-0.2, -0.15) is 0 Å². The van der Waals surface area contributed by atoms with Crippen LogP contribution < -0.4 is 18.9 Å². The van der Waals surface area contributed by atoms with Crippen LogP contribution in [0.25, 0.3) is 0 Å². The zero-order valence-electron chi connectivity index (χ0n) is 9.41. The van der Waals surface area contributed by atoms with Crippen molar-refractivity contribution in [2.24, 2.45) is 0 Å². The molecule has 1 nitrogen and oxygen atoms in total. The Morgan fingerprint density at radius 3 is 1.00 bits per heavy atom. The molecule has 0 aromatic carbocycles. The molecule has 0 spiro atoms. The van der Waals surface area contributed by atoms with Crippen LogP contribution in [0.1, 0.15) is 1.43 Å². The van der Waals surface area contributed by atoms with E-state index in [0.29, 0.717) is 0 Å². The second kappa shape index (κ2) is 4.13. The Hall–Kier alpha value is 0.991. The Bertz CT molecular complexity index is 85.7. The first kappa shape index (κ1) is 13.6. The first-order valence-corrected chi connectivity index (χ1v) is 10.2. The van der Waals surface area contributed by atoms with Crippen LogP contribution in [-0.4, -0.2) is 16.6 Å². The molecule has 0 aliphatic heterocycles. The molecule has 0 atom stereocenters. The minimum absolute atomic E-state index is 0. The average molecular weight is 170 g/mol. The molecule has 0 aliphatic carbocycles. The van der Waals surface area contributed by atoms with Crippen molar-refractivity contribution in [2.75, 3.05) is 0 Å². The molecule has 0 amide bonds. The first-order chi connectivity index (χ1) is 3.71. The van der Waals surface area contributed by atoms with Gasteiger partial charge in [0.1, 0.15) is 0 Å². The Kier molecular flexibility index (Phi) is 5.60. The molecular formula is C6H19LiOSi2. The Labute approximate surface area is 80.5 Å². The van der Waals surface area contributed by atoms with E-state index in [2.05, 4.69) is 39.3 Å². The monoisotopic (exact) mass is 170 g/mol. The van der Waals surface area contributed by atoms with E-state index >= 15 is 0 Å². The molecule has 0 saturated heterocycles. The van der Waals surface area contributed by atoms with Crippen molar-refractivity contribution in [3.05, 3.63) is 0 Å². The van der Waals surface area contributed by atoms with Gasteiger partial charge in [0.25, 0.3) is 0 Å². The molecule has 0 saturated carbocycles. The van der Waals surface area contributed by atoms with Gasteiger partial charge in [-0.15, -0.1) is 0 Å². The smallest absolute Gasteiger partial charge is 1.00 e. The van der Waals surface area contributed by atoms with Crippen LogP contribution in [0.5, 0.6) is 0 Å². The normalized spacial score (nSPS) is 12.6. The minimum atomic E-state index is -1.23. The largest absolute Gasteiger partial charge is 1.00 e. The van der Waals surface area contributed by atoms with Crippen LogP contribution in [0, 0.1) is 0 Å². The molecule has 0 aromatic rings. The van der Waals surface area contributed by atoms with E-state index in [4.69, 9.17) is 4.12 Å². The van der Waals surface area contributed by atoms with Crippen LogP contribution in [0.3, 0.4) is 0 Å². The van der Waals surface area contributed by atoms with Crippen LogP contribution in [-0.2, 0) is 4.12 Å². The SMILES string of the molecule is C[Si](C)(C)O[Si](C)(C)C.[H-].[Li+]. The van der Waals surface area contributed by atoms with Crippen molar-refractivity contribution in [2.45, 2.75) is 39.3 Å². The molecule has 0 heterocycles. The third kappa shape index (κ3) is 11.7. The van der Waals surface area contributed by atoms with Gasteiger partial charge >= 0.3 is 18.9 Å². The molecule has 4 heteroatoms. The molecule has 58 valence electrons. The summed E-state index contributed by atoms with van der Waals surface area (Å²) in [4.78, 5) is 0. The summed E-state index contributed by atoms with van der Waals surface area (Å²) in [6.45, 7) is 13.4. The zero-order chi connectivity index (χ0) is 7.71. The molecule has 10 heavy (non-hydrogen) atoms. The van der Waals surface area contributed by atoms with Crippen LogP contribution in [0.15, 0.2) is 0 Å². The fourth-order valence-electron chi connectivity index (χ4n) is 0.919. The van der Waals surface area contributed by atoms with E-state index in [9.17, 15) is 0 Å². The van der Waals surface area contributed by atoms with E-state index in [0.717, 1.165) is 0 Å². The fourth-order valence-corrected chi connectivity index (χ4v) is 8.27. The van der Waals surface area contributed by atoms with Gasteiger partial charge in [-0.25, -0.2) is 0 Å². The van der Waals surface area contributed by atoms with Gasteiger partial charge in [-0.05, 0) is 39.3 Å². The molecule has 0 radical (unpaired) electrons. The van der Waals surface area contributed by atoms with Gasteiger partial charge in [-0.3, -0.25) is 0 Å². The topological polar surface area (TPSA) is 9.23 Å². The van der Waals surface area contributed by atoms with Gasteiger partial charge in [0.2, 0.25) is 0 Å². The predicted molar refractivity (Wildman–Crippen MR) is 48.9 cm³/mol. The summed E-state index contributed by atoms with van der Waals surface area (Å²) in [6.07, 6.45) is 0. The maximum absolute atomic E-state index is 5.90. The zero-order valence-corrected chi connectivity index (χ0v) is 10.4. The summed E-state index contributed by atoms with van der Waals surface area (Å²) >= 11 is 0. The van der Waals surface area contributed by atoms with Crippen molar-refractivity contribution in [3.63, 3.8) is 0 Å². The molecule has 0 aromatic heterocycles. The fraction of sp³-hybridized carbons (Fsp3) is 1.00. The molecule has 0 bridgehead atoms. The summed E-state index contributed by atoms with van der Waals surface area (Å²) in [5, 5.41) is 0. The second-order valence-corrected chi connectivity index (χ2v) is 13.6. The Balaban J connectivity index is -0.000000320. The van der Waals surface area contributed by atoms with Crippen LogP contribution in [0.2, 0.25) is 39.3 Å². The molecule has 0 rings (SSSR count). The Morgan fingerprint density at radius 1 is 0.800 bits per heavy atom. The van der Waals surface area contributed by atoms with Crippen molar-refractivity contribution in [1.29, 1.82) is 0 Å². The molecule has 0 N–H and O–H groups in total. The quantitative estimate of drug-likeness (QED) is 0.521.